The van der Waals surface area contributed by atoms with E-state index >= 15 is 0 Å². The zero-order valence-corrected chi connectivity index (χ0v) is 13.8. The highest BCUT2D eigenvalue weighted by molar-refractivity contribution is 6.43. The number of aromatic nitrogens is 2. The molecule has 0 atom stereocenters. The van der Waals surface area contributed by atoms with Gasteiger partial charge in [-0.15, -0.1) is 0 Å². The maximum atomic E-state index is 12.0. The lowest BCUT2D eigenvalue weighted by Gasteiger charge is -2.08. The number of hydrogen-bond donors (Lipinski definition) is 2. The van der Waals surface area contributed by atoms with E-state index < -0.39 is 0 Å². The van der Waals surface area contributed by atoms with Crippen molar-refractivity contribution in [2.45, 2.75) is 6.54 Å². The summed E-state index contributed by atoms with van der Waals surface area (Å²) in [4.78, 5) is 20.2. The molecular formula is C16H12Cl2N4O2. The number of anilines is 2. The molecule has 0 spiro atoms. The molecule has 0 unspecified atom stereocenters. The molecule has 3 aromatic rings. The van der Waals surface area contributed by atoms with E-state index in [4.69, 9.17) is 27.6 Å². The highest BCUT2D eigenvalue weighted by Gasteiger charge is 2.09. The van der Waals surface area contributed by atoms with Crippen LogP contribution in [0, 0.1) is 0 Å². The first kappa shape index (κ1) is 16.3. The summed E-state index contributed by atoms with van der Waals surface area (Å²) in [6.07, 6.45) is 4.39. The summed E-state index contributed by atoms with van der Waals surface area (Å²) < 4.78 is 5.15. The van der Waals surface area contributed by atoms with Crippen molar-refractivity contribution in [3.8, 4) is 0 Å². The number of amides is 1. The van der Waals surface area contributed by atoms with Crippen LogP contribution in [0.2, 0.25) is 10.0 Å². The monoisotopic (exact) mass is 362 g/mol. The second-order valence-corrected chi connectivity index (χ2v) is 5.57. The quantitative estimate of drug-likeness (QED) is 0.715. The molecule has 2 aromatic heterocycles. The molecule has 3 rings (SSSR count). The molecule has 0 aliphatic heterocycles. The summed E-state index contributed by atoms with van der Waals surface area (Å²) in [6, 6.07) is 8.72. The Balaban J connectivity index is 1.64. The number of rotatable bonds is 5. The van der Waals surface area contributed by atoms with E-state index in [0.29, 0.717) is 39.5 Å². The molecule has 6 nitrogen and oxygen atoms in total. The molecule has 24 heavy (non-hydrogen) atoms. The van der Waals surface area contributed by atoms with Crippen LogP contribution in [0.3, 0.4) is 0 Å². The van der Waals surface area contributed by atoms with E-state index in [0.717, 1.165) is 0 Å². The third-order valence-corrected chi connectivity index (χ3v) is 3.93. The van der Waals surface area contributed by atoms with Crippen LogP contribution in [0.5, 0.6) is 0 Å². The fourth-order valence-electron chi connectivity index (χ4n) is 1.91. The summed E-state index contributed by atoms with van der Waals surface area (Å²) in [5.74, 6) is 0.679. The van der Waals surface area contributed by atoms with Crippen LogP contribution < -0.4 is 10.6 Å². The first-order valence-corrected chi connectivity index (χ1v) is 7.73. The highest BCUT2D eigenvalue weighted by Crippen LogP contribution is 2.30. The van der Waals surface area contributed by atoms with Crippen LogP contribution >= 0.6 is 23.2 Å². The van der Waals surface area contributed by atoms with Gasteiger partial charge in [-0.2, -0.15) is 0 Å². The number of furan rings is 1. The Bertz CT molecular complexity index is 836. The molecule has 122 valence electrons. The van der Waals surface area contributed by atoms with Crippen molar-refractivity contribution in [3.05, 3.63) is 70.4 Å². The lowest BCUT2D eigenvalue weighted by molar-refractivity contribution is 0.0947. The summed E-state index contributed by atoms with van der Waals surface area (Å²) in [7, 11) is 0. The topological polar surface area (TPSA) is 80.0 Å². The van der Waals surface area contributed by atoms with Gasteiger partial charge < -0.3 is 15.1 Å². The molecule has 1 aromatic carbocycles. The summed E-state index contributed by atoms with van der Waals surface area (Å²) in [6.45, 7) is 0.296. The van der Waals surface area contributed by atoms with Crippen molar-refractivity contribution in [1.29, 1.82) is 0 Å². The third kappa shape index (κ3) is 3.84. The van der Waals surface area contributed by atoms with Gasteiger partial charge in [-0.25, -0.2) is 9.97 Å². The minimum absolute atomic E-state index is 0.293. The first-order chi connectivity index (χ1) is 11.6. The third-order valence-electron chi connectivity index (χ3n) is 3.12. The number of nitrogens with zero attached hydrogens (tertiary/aromatic N) is 2. The number of carbonyl (C=O) groups is 1. The van der Waals surface area contributed by atoms with Crippen molar-refractivity contribution >= 4 is 40.7 Å². The predicted octanol–water partition coefficient (Wildman–Crippen LogP) is 4.05. The van der Waals surface area contributed by atoms with Crippen LogP contribution in [0.15, 0.2) is 53.4 Å². The van der Waals surface area contributed by atoms with Crippen molar-refractivity contribution in [1.82, 2.24) is 15.3 Å². The Morgan fingerprint density at radius 3 is 2.62 bits per heavy atom. The van der Waals surface area contributed by atoms with E-state index in [1.165, 1.54) is 12.4 Å². The standard InChI is InChI=1S/C16H12Cl2N4O2/c17-12-4-1-5-13(14(12)18)22-16-20-7-10(8-21-16)15(23)19-9-11-3-2-6-24-11/h1-8H,9H2,(H,19,23)(H,20,21,22). The fraction of sp³-hybridized carbons (Fsp3) is 0.0625. The maximum Gasteiger partial charge on any atom is 0.254 e. The van der Waals surface area contributed by atoms with Gasteiger partial charge >= 0.3 is 0 Å². The number of hydrogen-bond acceptors (Lipinski definition) is 5. The van der Waals surface area contributed by atoms with Gasteiger partial charge in [0.05, 0.1) is 34.1 Å². The molecule has 0 radical (unpaired) electrons. The van der Waals surface area contributed by atoms with Gasteiger partial charge in [0, 0.05) is 12.4 Å². The zero-order chi connectivity index (χ0) is 16.9. The van der Waals surface area contributed by atoms with E-state index in [1.54, 1.807) is 36.6 Å². The van der Waals surface area contributed by atoms with E-state index in [9.17, 15) is 4.79 Å². The molecular weight excluding hydrogens is 351 g/mol. The lowest BCUT2D eigenvalue weighted by Crippen LogP contribution is -2.23. The molecule has 0 bridgehead atoms. The number of benzene rings is 1. The largest absolute Gasteiger partial charge is 0.467 e. The highest BCUT2D eigenvalue weighted by atomic mass is 35.5. The van der Waals surface area contributed by atoms with Gasteiger partial charge in [0.15, 0.2) is 0 Å². The van der Waals surface area contributed by atoms with E-state index in [-0.39, 0.29) is 5.91 Å². The SMILES string of the molecule is O=C(NCc1ccco1)c1cnc(Nc2cccc(Cl)c2Cl)nc1. The van der Waals surface area contributed by atoms with Gasteiger partial charge in [-0.1, -0.05) is 29.3 Å². The lowest BCUT2D eigenvalue weighted by atomic mass is 10.3. The van der Waals surface area contributed by atoms with E-state index in [2.05, 4.69) is 20.6 Å². The Kier molecular flexibility index (Phi) is 4.98. The van der Waals surface area contributed by atoms with Crippen LogP contribution in [-0.2, 0) is 6.54 Å². The van der Waals surface area contributed by atoms with Crippen LogP contribution in [-0.4, -0.2) is 15.9 Å². The van der Waals surface area contributed by atoms with Gasteiger partial charge in [0.25, 0.3) is 5.91 Å². The maximum absolute atomic E-state index is 12.0. The normalized spacial score (nSPS) is 10.4. The van der Waals surface area contributed by atoms with Crippen LogP contribution in [0.1, 0.15) is 16.1 Å². The van der Waals surface area contributed by atoms with Gasteiger partial charge in [0.1, 0.15) is 5.76 Å². The van der Waals surface area contributed by atoms with Gasteiger partial charge in [-0.05, 0) is 24.3 Å². The average molecular weight is 363 g/mol. The minimum Gasteiger partial charge on any atom is -0.467 e. The Labute approximate surface area is 147 Å². The molecule has 2 N–H and O–H groups in total. The van der Waals surface area contributed by atoms with Crippen molar-refractivity contribution < 1.29 is 9.21 Å². The summed E-state index contributed by atoms with van der Waals surface area (Å²) in [5.41, 5.74) is 0.920. The predicted molar refractivity (Wildman–Crippen MR) is 91.7 cm³/mol. The molecule has 0 aliphatic carbocycles. The second kappa shape index (κ2) is 7.33. The van der Waals surface area contributed by atoms with Gasteiger partial charge in [0.2, 0.25) is 5.95 Å². The smallest absolute Gasteiger partial charge is 0.254 e. The zero-order valence-electron chi connectivity index (χ0n) is 12.3. The summed E-state index contributed by atoms with van der Waals surface area (Å²) >= 11 is 12.0. The van der Waals surface area contributed by atoms with Gasteiger partial charge in [-0.3, -0.25) is 4.79 Å². The molecule has 8 heteroatoms. The summed E-state index contributed by atoms with van der Waals surface area (Å²) in [5, 5.41) is 6.47. The minimum atomic E-state index is -0.293. The van der Waals surface area contributed by atoms with Crippen molar-refractivity contribution in [3.63, 3.8) is 0 Å². The number of nitrogens with one attached hydrogen (secondary N) is 2. The fourth-order valence-corrected chi connectivity index (χ4v) is 2.26. The molecule has 0 saturated heterocycles. The molecule has 0 aliphatic rings. The van der Waals surface area contributed by atoms with Crippen molar-refractivity contribution in [2.75, 3.05) is 5.32 Å². The van der Waals surface area contributed by atoms with Crippen LogP contribution in [0.25, 0.3) is 0 Å². The van der Waals surface area contributed by atoms with Crippen LogP contribution in [0.4, 0.5) is 11.6 Å². The average Bonchev–Trinajstić information content (AvgIpc) is 3.11. The second-order valence-electron chi connectivity index (χ2n) is 4.78. The molecule has 2 heterocycles. The number of carbonyl (C=O) groups excluding carboxylic acids is 1. The molecule has 0 saturated carbocycles. The van der Waals surface area contributed by atoms with Crippen molar-refractivity contribution in [2.24, 2.45) is 0 Å². The molecule has 0 fully saturated rings. The van der Waals surface area contributed by atoms with E-state index in [1.807, 2.05) is 0 Å². The Morgan fingerprint density at radius 2 is 1.92 bits per heavy atom. The molecule has 1 amide bonds. The number of halogens is 2. The Morgan fingerprint density at radius 1 is 1.12 bits per heavy atom. The first-order valence-electron chi connectivity index (χ1n) is 6.97. The Hall–Kier alpha value is -2.57.